The Morgan fingerprint density at radius 2 is 2.33 bits per heavy atom. The highest BCUT2D eigenvalue weighted by Crippen LogP contribution is 2.17. The van der Waals surface area contributed by atoms with Gasteiger partial charge in [0.15, 0.2) is 0 Å². The van der Waals surface area contributed by atoms with Crippen LogP contribution in [-0.4, -0.2) is 9.91 Å². The van der Waals surface area contributed by atoms with Crippen molar-refractivity contribution < 1.29 is 4.92 Å². The topological polar surface area (TPSA) is 56.0 Å². The van der Waals surface area contributed by atoms with Crippen molar-refractivity contribution in [3.05, 3.63) is 37.6 Å². The van der Waals surface area contributed by atoms with Crippen molar-refractivity contribution in [1.82, 2.24) is 4.98 Å². The fourth-order valence-corrected chi connectivity index (χ4v) is 1.20. The molecule has 0 aliphatic carbocycles. The van der Waals surface area contributed by atoms with Gasteiger partial charge in [-0.25, -0.2) is 4.98 Å². The van der Waals surface area contributed by atoms with Crippen molar-refractivity contribution in [3.8, 4) is 0 Å². The Morgan fingerprint density at radius 1 is 1.67 bits per heavy atom. The number of hydrogen-bond donors (Lipinski definition) is 0. The fraction of sp³-hybridized carbons (Fsp3) is 0.167. The Balaban J connectivity index is 2.97. The predicted molar refractivity (Wildman–Crippen MR) is 47.6 cm³/mol. The zero-order chi connectivity index (χ0) is 9.14. The van der Waals surface area contributed by atoms with E-state index in [0.717, 1.165) is 0 Å². The minimum Gasteiger partial charge on any atom is -0.264 e. The van der Waals surface area contributed by atoms with Gasteiger partial charge in [-0.1, -0.05) is 11.6 Å². The Hall–Kier alpha value is -0.680. The third-order valence-electron chi connectivity index (χ3n) is 1.16. The average molecular weight is 251 g/mol. The summed E-state index contributed by atoms with van der Waals surface area (Å²) in [5.74, 6) is 0. The van der Waals surface area contributed by atoms with E-state index in [4.69, 9.17) is 11.6 Å². The number of nitrogens with zero attached hydrogens (tertiary/aromatic N) is 2. The molecule has 0 bridgehead atoms. The molecule has 0 atom stereocenters. The lowest BCUT2D eigenvalue weighted by Gasteiger charge is -1.97. The monoisotopic (exact) mass is 250 g/mol. The van der Waals surface area contributed by atoms with Gasteiger partial charge in [-0.05, 0) is 28.1 Å². The molecule has 1 aromatic heterocycles. The molecule has 0 aliphatic heterocycles. The van der Waals surface area contributed by atoms with Gasteiger partial charge in [0.1, 0.15) is 10.8 Å². The lowest BCUT2D eigenvalue weighted by atomic mass is 10.3. The molecule has 1 aromatic rings. The molecule has 0 aromatic carbocycles. The van der Waals surface area contributed by atoms with E-state index < -0.39 is 4.92 Å². The van der Waals surface area contributed by atoms with Crippen molar-refractivity contribution in [2.75, 3.05) is 0 Å². The number of pyridine rings is 1. The first kappa shape index (κ1) is 9.41. The van der Waals surface area contributed by atoms with Gasteiger partial charge in [0, 0.05) is 9.40 Å². The first-order valence-corrected chi connectivity index (χ1v) is 4.19. The van der Waals surface area contributed by atoms with Gasteiger partial charge in [-0.15, -0.1) is 0 Å². The maximum Gasteiger partial charge on any atom is 0.246 e. The van der Waals surface area contributed by atoms with E-state index in [2.05, 4.69) is 20.9 Å². The van der Waals surface area contributed by atoms with Crippen molar-refractivity contribution in [3.63, 3.8) is 0 Å². The van der Waals surface area contributed by atoms with Gasteiger partial charge in [0.25, 0.3) is 0 Å². The van der Waals surface area contributed by atoms with Crippen molar-refractivity contribution in [1.29, 1.82) is 0 Å². The second kappa shape index (κ2) is 3.82. The van der Waals surface area contributed by atoms with Crippen LogP contribution in [0.3, 0.4) is 0 Å². The number of nitro groups is 1. The van der Waals surface area contributed by atoms with Gasteiger partial charge in [-0.2, -0.15) is 0 Å². The van der Waals surface area contributed by atoms with Crippen LogP contribution in [0.5, 0.6) is 0 Å². The van der Waals surface area contributed by atoms with E-state index in [0.29, 0.717) is 10.2 Å². The average Bonchev–Trinajstić information content (AvgIpc) is 1.96. The smallest absolute Gasteiger partial charge is 0.246 e. The van der Waals surface area contributed by atoms with Gasteiger partial charge >= 0.3 is 0 Å². The van der Waals surface area contributed by atoms with Crippen LogP contribution in [0.15, 0.2) is 16.6 Å². The van der Waals surface area contributed by atoms with E-state index in [1.807, 2.05) is 0 Å². The highest BCUT2D eigenvalue weighted by molar-refractivity contribution is 9.10. The Bertz CT molecular complexity index is 318. The summed E-state index contributed by atoms with van der Waals surface area (Å²) < 4.78 is 0.601. The third-order valence-corrected chi connectivity index (χ3v) is 2.10. The maximum atomic E-state index is 10.1. The highest BCUT2D eigenvalue weighted by atomic mass is 79.9. The number of aromatic nitrogens is 1. The first-order valence-electron chi connectivity index (χ1n) is 3.02. The van der Waals surface area contributed by atoms with Gasteiger partial charge < -0.3 is 0 Å². The SMILES string of the molecule is O=[N+]([O-])Cc1nc(Cl)ccc1Br. The predicted octanol–water partition coefficient (Wildman–Crippen LogP) is 2.27. The largest absolute Gasteiger partial charge is 0.264 e. The van der Waals surface area contributed by atoms with Crippen molar-refractivity contribution in [2.24, 2.45) is 0 Å². The summed E-state index contributed by atoms with van der Waals surface area (Å²) >= 11 is 8.68. The first-order chi connectivity index (χ1) is 5.59. The molecule has 12 heavy (non-hydrogen) atoms. The molecule has 0 N–H and O–H groups in total. The lowest BCUT2D eigenvalue weighted by molar-refractivity contribution is -0.497. The summed E-state index contributed by atoms with van der Waals surface area (Å²) in [7, 11) is 0. The molecule has 4 nitrogen and oxygen atoms in total. The number of rotatable bonds is 2. The minimum absolute atomic E-state index is 0.259. The number of hydrogen-bond acceptors (Lipinski definition) is 3. The fourth-order valence-electron chi connectivity index (χ4n) is 0.691. The van der Waals surface area contributed by atoms with Crippen LogP contribution in [0.4, 0.5) is 0 Å². The molecule has 1 heterocycles. The molecular weight excluding hydrogens is 247 g/mol. The lowest BCUT2D eigenvalue weighted by Crippen LogP contribution is -2.01. The highest BCUT2D eigenvalue weighted by Gasteiger charge is 2.08. The van der Waals surface area contributed by atoms with E-state index >= 15 is 0 Å². The van der Waals surface area contributed by atoms with Crippen LogP contribution in [0.2, 0.25) is 5.15 Å². The Morgan fingerprint density at radius 3 is 2.92 bits per heavy atom. The third kappa shape index (κ3) is 2.42. The zero-order valence-corrected chi connectivity index (χ0v) is 8.17. The van der Waals surface area contributed by atoms with Gasteiger partial charge in [-0.3, -0.25) is 10.1 Å². The molecule has 0 amide bonds. The van der Waals surface area contributed by atoms with Crippen LogP contribution in [0, 0.1) is 10.1 Å². The van der Waals surface area contributed by atoms with Crippen LogP contribution < -0.4 is 0 Å². The molecule has 0 saturated heterocycles. The summed E-state index contributed by atoms with van der Waals surface area (Å²) in [6.07, 6.45) is 0. The van der Waals surface area contributed by atoms with Crippen LogP contribution >= 0.6 is 27.5 Å². The minimum atomic E-state index is -0.455. The molecule has 0 saturated carbocycles. The standard InChI is InChI=1S/C6H4BrClN2O2/c7-4-1-2-6(8)9-5(4)3-10(11)12/h1-2H,3H2. The quantitative estimate of drug-likeness (QED) is 0.460. The van der Waals surface area contributed by atoms with Crippen molar-refractivity contribution >= 4 is 27.5 Å². The Labute approximate surface area is 81.8 Å². The van der Waals surface area contributed by atoms with E-state index in [9.17, 15) is 10.1 Å². The van der Waals surface area contributed by atoms with E-state index in [1.165, 1.54) is 0 Å². The molecule has 0 radical (unpaired) electrons. The van der Waals surface area contributed by atoms with Crippen LogP contribution in [0.25, 0.3) is 0 Å². The number of halogens is 2. The zero-order valence-electron chi connectivity index (χ0n) is 5.83. The molecule has 0 aliphatic rings. The second-order valence-corrected chi connectivity index (χ2v) is 3.29. The molecule has 0 fully saturated rings. The molecular formula is C6H4BrClN2O2. The summed E-state index contributed by atoms with van der Waals surface area (Å²) in [6.45, 7) is -0.318. The van der Waals surface area contributed by atoms with E-state index in [-0.39, 0.29) is 11.7 Å². The van der Waals surface area contributed by atoms with Gasteiger partial charge in [0.05, 0.1) is 0 Å². The van der Waals surface area contributed by atoms with Crippen LogP contribution in [-0.2, 0) is 6.54 Å². The van der Waals surface area contributed by atoms with Gasteiger partial charge in [0.2, 0.25) is 6.54 Å². The molecule has 64 valence electrons. The molecule has 0 spiro atoms. The molecule has 1 rings (SSSR count). The van der Waals surface area contributed by atoms with Crippen LogP contribution in [0.1, 0.15) is 5.69 Å². The molecule has 0 unspecified atom stereocenters. The second-order valence-electron chi connectivity index (χ2n) is 2.05. The normalized spacial score (nSPS) is 9.83. The summed E-state index contributed by atoms with van der Waals surface area (Å²) in [4.78, 5) is 13.5. The molecule has 6 heteroatoms. The summed E-state index contributed by atoms with van der Waals surface area (Å²) in [6, 6.07) is 3.20. The van der Waals surface area contributed by atoms with Crippen molar-refractivity contribution in [2.45, 2.75) is 6.54 Å². The maximum absolute atomic E-state index is 10.1. The Kier molecular flexibility index (Phi) is 2.99. The summed E-state index contributed by atoms with van der Waals surface area (Å²) in [5, 5.41) is 10.4. The van der Waals surface area contributed by atoms with E-state index in [1.54, 1.807) is 12.1 Å². The summed E-state index contributed by atoms with van der Waals surface area (Å²) in [5.41, 5.74) is 0.340.